The SMILES string of the molecule is O=C(O)c1ccccc1-c1c2cc(Cl)c(=O)cc-2oc2c(/C=N/c3cccc4ccc(CO)nc34)c(O)ccc12. The highest BCUT2D eigenvalue weighted by molar-refractivity contribution is 6.31. The van der Waals surface area contributed by atoms with E-state index in [0.717, 1.165) is 5.39 Å². The van der Waals surface area contributed by atoms with Gasteiger partial charge in [0.25, 0.3) is 0 Å². The molecule has 0 unspecified atom stereocenters. The minimum Gasteiger partial charge on any atom is -0.507 e. The number of phenols is 1. The summed E-state index contributed by atoms with van der Waals surface area (Å²) < 4.78 is 6.16. The van der Waals surface area contributed by atoms with Crippen LogP contribution in [0.5, 0.6) is 5.75 Å². The van der Waals surface area contributed by atoms with Crippen LogP contribution in [-0.2, 0) is 6.61 Å². The van der Waals surface area contributed by atoms with Gasteiger partial charge in [-0.05, 0) is 42.0 Å². The van der Waals surface area contributed by atoms with Crippen molar-refractivity contribution in [3.8, 4) is 28.2 Å². The number of hydrogen-bond donors (Lipinski definition) is 3. The van der Waals surface area contributed by atoms with Crippen LogP contribution in [-0.4, -0.2) is 32.5 Å². The molecule has 4 aromatic rings. The fourth-order valence-electron chi connectivity index (χ4n) is 4.77. The van der Waals surface area contributed by atoms with E-state index in [1.807, 2.05) is 18.2 Å². The molecule has 0 saturated heterocycles. The summed E-state index contributed by atoms with van der Waals surface area (Å²) in [5.74, 6) is -1.11. The highest BCUT2D eigenvalue weighted by atomic mass is 35.5. The zero-order chi connectivity index (χ0) is 28.0. The topological polar surface area (TPSA) is 133 Å². The molecule has 2 aliphatic rings. The van der Waals surface area contributed by atoms with Crippen molar-refractivity contribution >= 4 is 51.3 Å². The number of rotatable bonds is 5. The monoisotopic (exact) mass is 550 g/mol. The number of carboxylic acids is 1. The Labute approximate surface area is 231 Å². The molecule has 0 fully saturated rings. The summed E-state index contributed by atoms with van der Waals surface area (Å²) in [5, 5.41) is 31.6. The molecular weight excluding hydrogens is 532 g/mol. The number of para-hydroxylation sites is 1. The van der Waals surface area contributed by atoms with Crippen LogP contribution in [0.3, 0.4) is 0 Å². The van der Waals surface area contributed by atoms with Gasteiger partial charge in [0.05, 0.1) is 39.7 Å². The molecule has 40 heavy (non-hydrogen) atoms. The highest BCUT2D eigenvalue weighted by Crippen LogP contribution is 2.44. The van der Waals surface area contributed by atoms with Crippen LogP contribution in [0, 0.1) is 0 Å². The maximum absolute atomic E-state index is 12.4. The molecule has 1 aromatic heterocycles. The largest absolute Gasteiger partial charge is 0.507 e. The molecule has 0 radical (unpaired) electrons. The summed E-state index contributed by atoms with van der Waals surface area (Å²) in [4.78, 5) is 33.6. The van der Waals surface area contributed by atoms with Crippen molar-refractivity contribution in [3.05, 3.63) is 111 Å². The lowest BCUT2D eigenvalue weighted by atomic mass is 9.90. The average Bonchev–Trinajstić information content (AvgIpc) is 2.96. The van der Waals surface area contributed by atoms with E-state index < -0.39 is 11.4 Å². The van der Waals surface area contributed by atoms with Gasteiger partial charge in [0, 0.05) is 34.2 Å². The Hall–Kier alpha value is -5.05. The van der Waals surface area contributed by atoms with Crippen LogP contribution in [0.25, 0.3) is 44.3 Å². The van der Waals surface area contributed by atoms with Crippen molar-refractivity contribution in [3.63, 3.8) is 0 Å². The molecular formula is C31H19ClN2O6. The van der Waals surface area contributed by atoms with E-state index in [1.165, 1.54) is 30.5 Å². The third-order valence-electron chi connectivity index (χ3n) is 6.64. The third kappa shape index (κ3) is 4.25. The molecule has 3 aromatic carbocycles. The Morgan fingerprint density at radius 3 is 2.62 bits per heavy atom. The Morgan fingerprint density at radius 1 is 1.00 bits per heavy atom. The fraction of sp³-hybridized carbons (Fsp3) is 0.0323. The number of benzene rings is 4. The zero-order valence-electron chi connectivity index (χ0n) is 20.6. The maximum Gasteiger partial charge on any atom is 0.336 e. The van der Waals surface area contributed by atoms with Gasteiger partial charge in [0.15, 0.2) is 0 Å². The predicted octanol–water partition coefficient (Wildman–Crippen LogP) is 6.41. The molecule has 1 aliphatic heterocycles. The molecule has 3 N–H and O–H groups in total. The fourth-order valence-corrected chi connectivity index (χ4v) is 4.93. The minimum absolute atomic E-state index is 0.0395. The van der Waals surface area contributed by atoms with Gasteiger partial charge in [-0.1, -0.05) is 48.0 Å². The van der Waals surface area contributed by atoms with Gasteiger partial charge in [0.2, 0.25) is 5.43 Å². The van der Waals surface area contributed by atoms with Crippen molar-refractivity contribution < 1.29 is 24.5 Å². The van der Waals surface area contributed by atoms with Crippen LogP contribution < -0.4 is 5.43 Å². The second-order valence-electron chi connectivity index (χ2n) is 9.05. The minimum atomic E-state index is -1.13. The van der Waals surface area contributed by atoms with Gasteiger partial charge >= 0.3 is 5.97 Å². The highest BCUT2D eigenvalue weighted by Gasteiger charge is 2.24. The van der Waals surface area contributed by atoms with Gasteiger partial charge in [-0.25, -0.2) is 9.78 Å². The average molecular weight is 551 g/mol. The van der Waals surface area contributed by atoms with Gasteiger partial charge in [-0.2, -0.15) is 0 Å². The van der Waals surface area contributed by atoms with Crippen LogP contribution in [0.15, 0.2) is 93.1 Å². The number of aromatic hydroxyl groups is 1. The number of aliphatic hydroxyl groups is 1. The molecule has 0 amide bonds. The van der Waals surface area contributed by atoms with Gasteiger partial charge in [0.1, 0.15) is 17.1 Å². The van der Waals surface area contributed by atoms with E-state index in [0.29, 0.717) is 39.0 Å². The van der Waals surface area contributed by atoms with Gasteiger partial charge in [-0.3, -0.25) is 9.79 Å². The van der Waals surface area contributed by atoms with Gasteiger partial charge in [-0.15, -0.1) is 0 Å². The molecule has 0 saturated carbocycles. The first-order valence-electron chi connectivity index (χ1n) is 12.1. The van der Waals surface area contributed by atoms with E-state index >= 15 is 0 Å². The molecule has 0 atom stereocenters. The summed E-state index contributed by atoms with van der Waals surface area (Å²) >= 11 is 6.19. The van der Waals surface area contributed by atoms with Crippen LogP contribution in [0.2, 0.25) is 5.02 Å². The summed E-state index contributed by atoms with van der Waals surface area (Å²) in [7, 11) is 0. The Balaban J connectivity index is 1.66. The van der Waals surface area contributed by atoms with Gasteiger partial charge < -0.3 is 19.7 Å². The standard InChI is InChI=1S/C31H19ClN2O6/c32-23-12-21-27(13-26(23)37)40-30-20(28(21)18-5-1-2-6-19(18)31(38)39)10-11-25(36)22(30)14-33-24-7-3-4-16-8-9-17(15-35)34-29(16)24/h1-14,35-36H,15H2,(H,38,39)/b33-14+. The number of aliphatic imine (C=N–C) groups is 1. The number of phenolic OH excluding ortho intramolecular Hbond substituents is 1. The Morgan fingerprint density at radius 2 is 1.82 bits per heavy atom. The van der Waals surface area contributed by atoms with Crippen LogP contribution in [0.1, 0.15) is 21.6 Å². The first-order valence-corrected chi connectivity index (χ1v) is 12.5. The van der Waals surface area contributed by atoms with Crippen molar-refractivity contribution in [2.75, 3.05) is 0 Å². The lowest BCUT2D eigenvalue weighted by molar-refractivity contribution is 0.0697. The van der Waals surface area contributed by atoms with Crippen molar-refractivity contribution in [1.29, 1.82) is 0 Å². The van der Waals surface area contributed by atoms with Crippen molar-refractivity contribution in [2.45, 2.75) is 6.61 Å². The number of fused-ring (bicyclic) bond motifs is 3. The predicted molar refractivity (Wildman–Crippen MR) is 153 cm³/mol. The molecule has 2 heterocycles. The number of nitrogens with zero attached hydrogens (tertiary/aromatic N) is 2. The first-order chi connectivity index (χ1) is 19.4. The number of aliphatic hydroxyl groups excluding tert-OH is 1. The molecule has 9 heteroatoms. The number of aromatic carboxylic acids is 1. The van der Waals surface area contributed by atoms with E-state index in [1.54, 1.807) is 36.4 Å². The summed E-state index contributed by atoms with van der Waals surface area (Å²) in [6.07, 6.45) is 1.43. The molecule has 0 bridgehead atoms. The third-order valence-corrected chi connectivity index (χ3v) is 6.93. The van der Waals surface area contributed by atoms with E-state index in [2.05, 4.69) is 9.98 Å². The molecule has 8 nitrogen and oxygen atoms in total. The Kier molecular flexibility index (Phi) is 6.26. The Bertz CT molecular complexity index is 2030. The maximum atomic E-state index is 12.4. The van der Waals surface area contributed by atoms with Crippen LogP contribution >= 0.6 is 11.6 Å². The number of halogens is 1. The van der Waals surface area contributed by atoms with E-state index in [9.17, 15) is 24.9 Å². The molecule has 1 aliphatic carbocycles. The lowest BCUT2D eigenvalue weighted by Crippen LogP contribution is -2.05. The quantitative estimate of drug-likeness (QED) is 0.167. The van der Waals surface area contributed by atoms with Crippen LogP contribution in [0.4, 0.5) is 5.69 Å². The number of hydrogen-bond acceptors (Lipinski definition) is 7. The second kappa shape index (κ2) is 9.92. The zero-order valence-corrected chi connectivity index (χ0v) is 21.4. The number of aromatic nitrogens is 1. The summed E-state index contributed by atoms with van der Waals surface area (Å²) in [6.45, 7) is -0.226. The van der Waals surface area contributed by atoms with Crippen molar-refractivity contribution in [2.24, 2.45) is 4.99 Å². The summed E-state index contributed by atoms with van der Waals surface area (Å²) in [5.41, 5.74) is 2.83. The number of carbonyl (C=O) groups is 1. The smallest absolute Gasteiger partial charge is 0.336 e. The van der Waals surface area contributed by atoms with E-state index in [-0.39, 0.29) is 39.8 Å². The molecule has 6 rings (SSSR count). The second-order valence-corrected chi connectivity index (χ2v) is 9.46. The molecule has 0 spiro atoms. The normalized spacial score (nSPS) is 11.7. The van der Waals surface area contributed by atoms with Crippen molar-refractivity contribution in [1.82, 2.24) is 4.98 Å². The number of carboxylic acid groups (broad SMARTS) is 1. The lowest BCUT2D eigenvalue weighted by Gasteiger charge is -2.18. The number of pyridine rings is 1. The summed E-state index contributed by atoms with van der Waals surface area (Å²) in [6, 6.07) is 21.3. The first kappa shape index (κ1) is 25.2. The van der Waals surface area contributed by atoms with E-state index in [4.69, 9.17) is 16.0 Å². The molecule has 196 valence electrons.